The van der Waals surface area contributed by atoms with Crippen LogP contribution in [0.15, 0.2) is 16.7 Å². The summed E-state index contributed by atoms with van der Waals surface area (Å²) in [6.45, 7) is 4.01. The monoisotopic (exact) mass is 243 g/mol. The molecule has 0 spiro atoms. The highest BCUT2D eigenvalue weighted by atomic mass is 79.9. The summed E-state index contributed by atoms with van der Waals surface area (Å²) in [4.78, 5) is 14.6. The molecule has 0 aliphatic carbocycles. The Bertz CT molecular complexity index is 336. The van der Waals surface area contributed by atoms with Crippen LogP contribution in [0.5, 0.6) is 0 Å². The first-order valence-corrected chi connectivity index (χ1v) is 4.70. The van der Waals surface area contributed by atoms with Gasteiger partial charge >= 0.3 is 5.97 Å². The maximum Gasteiger partial charge on any atom is 0.337 e. The largest absolute Gasteiger partial charge is 0.478 e. The first kappa shape index (κ1) is 10.2. The first-order valence-electron chi connectivity index (χ1n) is 3.91. The van der Waals surface area contributed by atoms with E-state index in [0.29, 0.717) is 0 Å². The second-order valence-electron chi connectivity index (χ2n) is 3.05. The quantitative estimate of drug-likeness (QED) is 0.869. The molecule has 3 nitrogen and oxygen atoms in total. The molecule has 1 rings (SSSR count). The summed E-state index contributed by atoms with van der Waals surface area (Å²) >= 11 is 3.29. The van der Waals surface area contributed by atoms with Gasteiger partial charge in [-0.3, -0.25) is 4.98 Å². The molecule has 0 aliphatic heterocycles. The molecule has 0 saturated carbocycles. The maximum atomic E-state index is 10.6. The molecule has 0 unspecified atom stereocenters. The van der Waals surface area contributed by atoms with Gasteiger partial charge in [-0.2, -0.15) is 0 Å². The van der Waals surface area contributed by atoms with Crippen molar-refractivity contribution in [2.75, 3.05) is 0 Å². The van der Waals surface area contributed by atoms with E-state index in [1.54, 1.807) is 6.07 Å². The van der Waals surface area contributed by atoms with E-state index >= 15 is 0 Å². The SMILES string of the molecule is CC(C)c1ncc(C(=O)O)cc1Br. The van der Waals surface area contributed by atoms with Crippen molar-refractivity contribution in [3.63, 3.8) is 0 Å². The zero-order valence-corrected chi connectivity index (χ0v) is 9.00. The molecule has 1 heterocycles. The predicted octanol–water partition coefficient (Wildman–Crippen LogP) is 2.67. The van der Waals surface area contributed by atoms with Gasteiger partial charge in [-0.25, -0.2) is 4.79 Å². The summed E-state index contributed by atoms with van der Waals surface area (Å²) in [6, 6.07) is 1.57. The Morgan fingerprint density at radius 2 is 2.23 bits per heavy atom. The van der Waals surface area contributed by atoms with Crippen LogP contribution in [-0.2, 0) is 0 Å². The van der Waals surface area contributed by atoms with E-state index in [9.17, 15) is 4.79 Å². The van der Waals surface area contributed by atoms with Crippen molar-refractivity contribution in [2.45, 2.75) is 19.8 Å². The van der Waals surface area contributed by atoms with Gasteiger partial charge in [0.25, 0.3) is 0 Å². The van der Waals surface area contributed by atoms with Crippen molar-refractivity contribution in [3.8, 4) is 0 Å². The number of carboxylic acid groups (broad SMARTS) is 1. The van der Waals surface area contributed by atoms with Crippen LogP contribution in [-0.4, -0.2) is 16.1 Å². The second-order valence-corrected chi connectivity index (χ2v) is 3.91. The average molecular weight is 244 g/mol. The Kier molecular flexibility index (Phi) is 3.03. The lowest BCUT2D eigenvalue weighted by Crippen LogP contribution is -2.01. The van der Waals surface area contributed by atoms with Crippen LogP contribution in [0.4, 0.5) is 0 Å². The number of hydrogen-bond donors (Lipinski definition) is 1. The number of hydrogen-bond acceptors (Lipinski definition) is 2. The lowest BCUT2D eigenvalue weighted by atomic mass is 10.1. The van der Waals surface area contributed by atoms with Crippen LogP contribution in [0.1, 0.15) is 35.8 Å². The number of pyridine rings is 1. The van der Waals surface area contributed by atoms with Gasteiger partial charge in [-0.05, 0) is 27.9 Å². The zero-order valence-electron chi connectivity index (χ0n) is 7.41. The molecule has 1 aromatic rings. The molecule has 0 amide bonds. The smallest absolute Gasteiger partial charge is 0.337 e. The van der Waals surface area contributed by atoms with E-state index in [1.807, 2.05) is 13.8 Å². The van der Waals surface area contributed by atoms with Crippen molar-refractivity contribution in [2.24, 2.45) is 0 Å². The topological polar surface area (TPSA) is 50.2 Å². The Balaban J connectivity index is 3.13. The summed E-state index contributed by atoms with van der Waals surface area (Å²) in [6.07, 6.45) is 1.38. The summed E-state index contributed by atoms with van der Waals surface area (Å²) in [5, 5.41) is 8.68. The number of carboxylic acids is 1. The molecular formula is C9H10BrNO2. The van der Waals surface area contributed by atoms with Gasteiger partial charge in [0.05, 0.1) is 11.3 Å². The summed E-state index contributed by atoms with van der Waals surface area (Å²) in [5.74, 6) is -0.666. The Morgan fingerprint density at radius 3 is 2.62 bits per heavy atom. The molecule has 4 heteroatoms. The molecule has 0 bridgehead atoms. The second kappa shape index (κ2) is 3.87. The maximum absolute atomic E-state index is 10.6. The fourth-order valence-corrected chi connectivity index (χ4v) is 1.80. The van der Waals surface area contributed by atoms with Gasteiger partial charge in [0.2, 0.25) is 0 Å². The third kappa shape index (κ3) is 2.28. The molecule has 13 heavy (non-hydrogen) atoms. The lowest BCUT2D eigenvalue weighted by molar-refractivity contribution is 0.0696. The van der Waals surface area contributed by atoms with E-state index in [4.69, 9.17) is 5.11 Å². The average Bonchev–Trinajstić information content (AvgIpc) is 2.03. The Labute approximate surface area is 84.9 Å². The Morgan fingerprint density at radius 1 is 1.62 bits per heavy atom. The van der Waals surface area contributed by atoms with Crippen molar-refractivity contribution in [3.05, 3.63) is 28.0 Å². The van der Waals surface area contributed by atoms with Gasteiger partial charge < -0.3 is 5.11 Å². The van der Waals surface area contributed by atoms with E-state index in [-0.39, 0.29) is 11.5 Å². The molecule has 0 atom stereocenters. The highest BCUT2D eigenvalue weighted by Crippen LogP contribution is 2.22. The number of halogens is 1. The van der Waals surface area contributed by atoms with Gasteiger partial charge in [-0.15, -0.1) is 0 Å². The molecule has 0 aliphatic rings. The molecule has 1 N–H and O–H groups in total. The van der Waals surface area contributed by atoms with Crippen LogP contribution < -0.4 is 0 Å². The van der Waals surface area contributed by atoms with Crippen LogP contribution in [0.3, 0.4) is 0 Å². The van der Waals surface area contributed by atoms with Crippen molar-refractivity contribution in [1.29, 1.82) is 0 Å². The van der Waals surface area contributed by atoms with Crippen LogP contribution in [0, 0.1) is 0 Å². The molecule has 70 valence electrons. The van der Waals surface area contributed by atoms with E-state index in [1.165, 1.54) is 6.20 Å². The van der Waals surface area contributed by atoms with E-state index in [2.05, 4.69) is 20.9 Å². The summed E-state index contributed by atoms with van der Waals surface area (Å²) < 4.78 is 0.752. The molecule has 0 radical (unpaired) electrons. The standard InChI is InChI=1S/C9H10BrNO2/c1-5(2)8-7(10)3-6(4-11-8)9(12)13/h3-5H,1-2H3,(H,12,13). The van der Waals surface area contributed by atoms with Crippen molar-refractivity contribution < 1.29 is 9.90 Å². The third-order valence-electron chi connectivity index (χ3n) is 1.66. The molecule has 0 saturated heterocycles. The molecular weight excluding hydrogens is 234 g/mol. The predicted molar refractivity (Wildman–Crippen MR) is 53.0 cm³/mol. The van der Waals surface area contributed by atoms with Gasteiger partial charge in [0, 0.05) is 10.7 Å². The van der Waals surface area contributed by atoms with Crippen molar-refractivity contribution >= 4 is 21.9 Å². The number of carbonyl (C=O) groups is 1. The number of aromatic carboxylic acids is 1. The van der Waals surface area contributed by atoms with Crippen LogP contribution in [0.2, 0.25) is 0 Å². The summed E-state index contributed by atoms with van der Waals surface area (Å²) in [7, 11) is 0. The van der Waals surface area contributed by atoms with Crippen LogP contribution in [0.25, 0.3) is 0 Å². The fraction of sp³-hybridized carbons (Fsp3) is 0.333. The van der Waals surface area contributed by atoms with Gasteiger partial charge in [-0.1, -0.05) is 13.8 Å². The summed E-state index contributed by atoms with van der Waals surface area (Å²) in [5.41, 5.74) is 1.08. The first-order chi connectivity index (χ1) is 6.02. The van der Waals surface area contributed by atoms with E-state index < -0.39 is 5.97 Å². The van der Waals surface area contributed by atoms with Gasteiger partial charge in [0.1, 0.15) is 0 Å². The number of aromatic nitrogens is 1. The minimum absolute atomic E-state index is 0.205. The lowest BCUT2D eigenvalue weighted by Gasteiger charge is -2.06. The highest BCUT2D eigenvalue weighted by molar-refractivity contribution is 9.10. The zero-order chi connectivity index (χ0) is 10.0. The highest BCUT2D eigenvalue weighted by Gasteiger charge is 2.10. The van der Waals surface area contributed by atoms with Crippen molar-refractivity contribution in [1.82, 2.24) is 4.98 Å². The molecule has 0 aromatic carbocycles. The molecule has 1 aromatic heterocycles. The number of nitrogens with zero attached hydrogens (tertiary/aromatic N) is 1. The minimum Gasteiger partial charge on any atom is -0.478 e. The van der Waals surface area contributed by atoms with Gasteiger partial charge in [0.15, 0.2) is 0 Å². The van der Waals surface area contributed by atoms with E-state index in [0.717, 1.165) is 10.2 Å². The number of rotatable bonds is 2. The normalized spacial score (nSPS) is 10.5. The molecule has 0 fully saturated rings. The fourth-order valence-electron chi connectivity index (χ4n) is 0.990. The Hall–Kier alpha value is -0.900. The third-order valence-corrected chi connectivity index (χ3v) is 2.30. The minimum atomic E-state index is -0.955. The van der Waals surface area contributed by atoms with Crippen LogP contribution >= 0.6 is 15.9 Å².